The first-order valence-electron chi connectivity index (χ1n) is 10.9. The summed E-state index contributed by atoms with van der Waals surface area (Å²) in [5, 5.41) is 22.1. The molecule has 1 unspecified atom stereocenters. The van der Waals surface area contributed by atoms with E-state index in [2.05, 4.69) is 51.6 Å². The predicted molar refractivity (Wildman–Crippen MR) is 127 cm³/mol. The fraction of sp³-hybridized carbons (Fsp3) is 0.480. The van der Waals surface area contributed by atoms with E-state index >= 15 is 0 Å². The average molecular weight is 443 g/mol. The second-order valence-corrected chi connectivity index (χ2v) is 9.38. The number of nitroso groups, excluding NO2 is 1. The van der Waals surface area contributed by atoms with Gasteiger partial charge in [0, 0.05) is 24.8 Å². The van der Waals surface area contributed by atoms with Crippen LogP contribution < -0.4 is 9.64 Å². The third-order valence-electron chi connectivity index (χ3n) is 5.26. The van der Waals surface area contributed by atoms with E-state index in [-0.39, 0.29) is 23.3 Å². The lowest BCUT2D eigenvalue weighted by Gasteiger charge is -2.32. The quantitative estimate of drug-likeness (QED) is 0.454. The number of carboxylic acid groups (broad SMARTS) is 1. The van der Waals surface area contributed by atoms with Crippen molar-refractivity contribution in [3.63, 3.8) is 0 Å². The van der Waals surface area contributed by atoms with Gasteiger partial charge in [-0.15, -0.1) is 0 Å². The second kappa shape index (κ2) is 10.5. The Kier molecular flexibility index (Phi) is 8.25. The molecule has 0 aromatic heterocycles. The van der Waals surface area contributed by atoms with Crippen LogP contribution in [0.1, 0.15) is 69.1 Å². The van der Waals surface area contributed by atoms with Gasteiger partial charge in [-0.25, -0.2) is 4.79 Å². The molecule has 174 valence electrons. The standard InChI is InChI=1S/C25H34N2O5/c1-7-27(14-16(2)3)22-11-8-17(12-20(22)25(4,5)6)21(26-31)15-32-18-9-10-19(24(29)30)23(28)13-18/h8-13,16,21,28H,7,14-15H2,1-6H3,(H,29,30). The van der Waals surface area contributed by atoms with Crippen LogP contribution in [0.4, 0.5) is 5.69 Å². The lowest BCUT2D eigenvalue weighted by Crippen LogP contribution is -2.30. The van der Waals surface area contributed by atoms with E-state index in [1.807, 2.05) is 18.2 Å². The molecule has 0 spiro atoms. The van der Waals surface area contributed by atoms with Crippen LogP contribution in [0.15, 0.2) is 41.6 Å². The van der Waals surface area contributed by atoms with Crippen LogP contribution in [0.3, 0.4) is 0 Å². The smallest absolute Gasteiger partial charge is 0.339 e. The molecule has 0 fully saturated rings. The van der Waals surface area contributed by atoms with Gasteiger partial charge in [0.2, 0.25) is 0 Å². The van der Waals surface area contributed by atoms with E-state index in [1.165, 1.54) is 18.2 Å². The Labute approximate surface area is 190 Å². The molecule has 0 aliphatic heterocycles. The van der Waals surface area contributed by atoms with Crippen LogP contribution in [-0.2, 0) is 5.41 Å². The van der Waals surface area contributed by atoms with Crippen molar-refractivity contribution in [1.82, 2.24) is 0 Å². The summed E-state index contributed by atoms with van der Waals surface area (Å²) < 4.78 is 5.65. The summed E-state index contributed by atoms with van der Waals surface area (Å²) in [6.45, 7) is 14.8. The minimum Gasteiger partial charge on any atom is -0.507 e. The molecule has 0 aliphatic carbocycles. The van der Waals surface area contributed by atoms with E-state index in [1.54, 1.807) is 0 Å². The summed E-state index contributed by atoms with van der Waals surface area (Å²) in [6, 6.07) is 9.17. The first kappa shape index (κ1) is 25.2. The van der Waals surface area contributed by atoms with E-state index in [9.17, 15) is 14.8 Å². The fourth-order valence-corrected chi connectivity index (χ4v) is 3.62. The van der Waals surface area contributed by atoms with Gasteiger partial charge >= 0.3 is 5.97 Å². The Balaban J connectivity index is 2.31. The number of ether oxygens (including phenoxy) is 1. The van der Waals surface area contributed by atoms with Crippen molar-refractivity contribution in [2.75, 3.05) is 24.6 Å². The van der Waals surface area contributed by atoms with Crippen molar-refractivity contribution >= 4 is 11.7 Å². The van der Waals surface area contributed by atoms with Gasteiger partial charge in [-0.05, 0) is 47.6 Å². The molecule has 0 radical (unpaired) electrons. The molecule has 0 heterocycles. The van der Waals surface area contributed by atoms with Crippen LogP contribution >= 0.6 is 0 Å². The van der Waals surface area contributed by atoms with Gasteiger partial charge in [0.05, 0.1) is 0 Å². The van der Waals surface area contributed by atoms with Gasteiger partial charge < -0.3 is 19.8 Å². The Morgan fingerprint density at radius 2 is 1.84 bits per heavy atom. The molecule has 7 nitrogen and oxygen atoms in total. The molecule has 2 aromatic carbocycles. The molecule has 0 amide bonds. The van der Waals surface area contributed by atoms with Crippen LogP contribution in [0, 0.1) is 10.8 Å². The number of benzene rings is 2. The van der Waals surface area contributed by atoms with Crippen molar-refractivity contribution in [3.05, 3.63) is 58.0 Å². The van der Waals surface area contributed by atoms with E-state index in [0.29, 0.717) is 5.92 Å². The largest absolute Gasteiger partial charge is 0.507 e. The van der Waals surface area contributed by atoms with Crippen molar-refractivity contribution < 1.29 is 19.7 Å². The summed E-state index contributed by atoms with van der Waals surface area (Å²) in [6.07, 6.45) is 0. The molecule has 32 heavy (non-hydrogen) atoms. The van der Waals surface area contributed by atoms with E-state index in [0.717, 1.165) is 29.9 Å². The van der Waals surface area contributed by atoms with Gasteiger partial charge in [0.25, 0.3) is 0 Å². The highest BCUT2D eigenvalue weighted by Crippen LogP contribution is 2.35. The molecule has 0 saturated carbocycles. The Bertz CT molecular complexity index is 950. The Morgan fingerprint density at radius 3 is 2.34 bits per heavy atom. The zero-order valence-electron chi connectivity index (χ0n) is 19.8. The topological polar surface area (TPSA) is 99.4 Å². The van der Waals surface area contributed by atoms with Crippen LogP contribution in [-0.4, -0.2) is 35.9 Å². The highest BCUT2D eigenvalue weighted by molar-refractivity contribution is 5.90. The average Bonchev–Trinajstić information content (AvgIpc) is 2.71. The van der Waals surface area contributed by atoms with E-state index in [4.69, 9.17) is 9.84 Å². The summed E-state index contributed by atoms with van der Waals surface area (Å²) in [5.41, 5.74) is 2.69. The van der Waals surface area contributed by atoms with Gasteiger partial charge in [-0.1, -0.05) is 51.9 Å². The number of nitrogens with zero attached hydrogens (tertiary/aromatic N) is 2. The second-order valence-electron chi connectivity index (χ2n) is 9.38. The molecule has 1 atom stereocenters. The molecule has 2 aromatic rings. The van der Waals surface area contributed by atoms with Crippen LogP contribution in [0.25, 0.3) is 0 Å². The van der Waals surface area contributed by atoms with Crippen molar-refractivity contribution in [1.29, 1.82) is 0 Å². The third-order valence-corrected chi connectivity index (χ3v) is 5.26. The van der Waals surface area contributed by atoms with Crippen molar-refractivity contribution in [2.24, 2.45) is 11.1 Å². The highest BCUT2D eigenvalue weighted by Gasteiger charge is 2.24. The maximum absolute atomic E-state index is 11.7. The number of rotatable bonds is 10. The predicted octanol–water partition coefficient (Wildman–Crippen LogP) is 5.76. The molecule has 7 heteroatoms. The molecular weight excluding hydrogens is 408 g/mol. The summed E-state index contributed by atoms with van der Waals surface area (Å²) >= 11 is 0. The number of aromatic carboxylic acids is 1. The van der Waals surface area contributed by atoms with Gasteiger partial charge in [0.1, 0.15) is 23.7 Å². The number of anilines is 1. The first-order valence-corrected chi connectivity index (χ1v) is 10.9. The van der Waals surface area contributed by atoms with E-state index < -0.39 is 17.8 Å². The fourth-order valence-electron chi connectivity index (χ4n) is 3.62. The highest BCUT2D eigenvalue weighted by atomic mass is 16.5. The van der Waals surface area contributed by atoms with Gasteiger partial charge in [-0.3, -0.25) is 0 Å². The maximum atomic E-state index is 11.7. The number of carboxylic acids is 1. The zero-order valence-corrected chi connectivity index (χ0v) is 19.8. The molecule has 2 rings (SSSR count). The number of hydrogen-bond acceptors (Lipinski definition) is 6. The normalized spacial score (nSPS) is 12.5. The zero-order chi connectivity index (χ0) is 24.1. The van der Waals surface area contributed by atoms with Crippen molar-refractivity contribution in [3.8, 4) is 11.5 Å². The lowest BCUT2D eigenvalue weighted by molar-refractivity contribution is 0.0693. The minimum absolute atomic E-state index is 0.0260. The minimum atomic E-state index is -1.23. The Morgan fingerprint density at radius 1 is 1.16 bits per heavy atom. The number of phenols is 1. The molecular formula is C25H34N2O5. The molecule has 2 N–H and O–H groups in total. The number of aromatic hydroxyl groups is 1. The molecule has 0 saturated heterocycles. The number of hydrogen-bond donors (Lipinski definition) is 2. The molecule has 0 bridgehead atoms. The third kappa shape index (κ3) is 6.22. The summed E-state index contributed by atoms with van der Waals surface area (Å²) in [5.74, 6) is -0.836. The summed E-state index contributed by atoms with van der Waals surface area (Å²) in [4.78, 5) is 25.0. The number of carbonyl (C=O) groups is 1. The molecule has 0 aliphatic rings. The Hall–Kier alpha value is -3.09. The van der Waals surface area contributed by atoms with Crippen molar-refractivity contribution in [2.45, 2.75) is 53.0 Å². The van der Waals surface area contributed by atoms with Gasteiger partial charge in [0.15, 0.2) is 6.04 Å². The first-order chi connectivity index (χ1) is 15.0. The van der Waals surface area contributed by atoms with Crippen LogP contribution in [0.2, 0.25) is 0 Å². The summed E-state index contributed by atoms with van der Waals surface area (Å²) in [7, 11) is 0. The monoisotopic (exact) mass is 442 g/mol. The SMILES string of the molecule is CCN(CC(C)C)c1ccc(C(COc2ccc(C(=O)O)c(O)c2)N=O)cc1C(C)(C)C. The lowest BCUT2D eigenvalue weighted by atomic mass is 9.83. The maximum Gasteiger partial charge on any atom is 0.339 e. The van der Waals surface area contributed by atoms with Crippen LogP contribution in [0.5, 0.6) is 11.5 Å². The van der Waals surface area contributed by atoms with Gasteiger partial charge in [-0.2, -0.15) is 4.91 Å².